The molecule has 5 rings (SSSR count). The molecular weight excluding hydrogens is 424 g/mol. The van der Waals surface area contributed by atoms with Crippen LogP contribution in [0.3, 0.4) is 0 Å². The Hall–Kier alpha value is -1.06. The van der Waals surface area contributed by atoms with E-state index in [4.69, 9.17) is 4.74 Å². The average molecular weight is 473 g/mol. The van der Waals surface area contributed by atoms with E-state index in [1.807, 2.05) is 0 Å². The molecule has 1 heterocycles. The first-order chi connectivity index (χ1) is 15.7. The lowest BCUT2D eigenvalue weighted by Gasteiger charge is -2.71. The summed E-state index contributed by atoms with van der Waals surface area (Å²) in [7, 11) is 0. The maximum Gasteiger partial charge on any atom is 0.309 e. The van der Waals surface area contributed by atoms with Crippen LogP contribution in [0.4, 0.5) is 0 Å². The summed E-state index contributed by atoms with van der Waals surface area (Å²) >= 11 is 0. The molecule has 4 nitrogen and oxygen atoms in total. The summed E-state index contributed by atoms with van der Waals surface area (Å²) in [6.07, 6.45) is 9.89. The third kappa shape index (κ3) is 2.95. The second-order valence-electron chi connectivity index (χ2n) is 14.7. The average Bonchev–Trinajstić information content (AvgIpc) is 3.10. The van der Waals surface area contributed by atoms with E-state index in [0.717, 1.165) is 44.9 Å². The Balaban J connectivity index is 1.57. The summed E-state index contributed by atoms with van der Waals surface area (Å²) in [5.41, 5.74) is -0.495. The minimum absolute atomic E-state index is 0.0307. The zero-order chi connectivity index (χ0) is 24.9. The van der Waals surface area contributed by atoms with Gasteiger partial charge in [-0.3, -0.25) is 9.59 Å². The molecule has 4 heteroatoms. The van der Waals surface area contributed by atoms with Crippen molar-refractivity contribution in [3.05, 3.63) is 0 Å². The fourth-order valence-corrected chi connectivity index (χ4v) is 11.4. The van der Waals surface area contributed by atoms with Gasteiger partial charge in [0, 0.05) is 12.3 Å². The number of esters is 1. The highest BCUT2D eigenvalue weighted by Crippen LogP contribution is 2.76. The van der Waals surface area contributed by atoms with Crippen LogP contribution in [0, 0.1) is 57.2 Å². The Morgan fingerprint density at radius 1 is 0.882 bits per heavy atom. The molecule has 5 aliphatic rings. The van der Waals surface area contributed by atoms with E-state index in [9.17, 15) is 14.7 Å². The van der Waals surface area contributed by atoms with Gasteiger partial charge in [0.2, 0.25) is 0 Å². The Morgan fingerprint density at radius 3 is 2.24 bits per heavy atom. The summed E-state index contributed by atoms with van der Waals surface area (Å²) in [6.45, 7) is 16.5. The number of hydrogen-bond acceptors (Lipinski definition) is 3. The molecule has 34 heavy (non-hydrogen) atoms. The van der Waals surface area contributed by atoms with Crippen molar-refractivity contribution < 1.29 is 19.4 Å². The van der Waals surface area contributed by atoms with Crippen molar-refractivity contribution in [2.45, 2.75) is 118 Å². The number of carboxylic acids is 1. The molecule has 1 aliphatic heterocycles. The highest BCUT2D eigenvalue weighted by Gasteiger charge is 2.71. The largest absolute Gasteiger partial charge is 0.481 e. The molecule has 0 radical (unpaired) electrons. The van der Waals surface area contributed by atoms with E-state index in [-0.39, 0.29) is 22.2 Å². The van der Waals surface area contributed by atoms with Crippen LogP contribution in [0.2, 0.25) is 0 Å². The van der Waals surface area contributed by atoms with E-state index in [1.54, 1.807) is 0 Å². The van der Waals surface area contributed by atoms with Crippen molar-refractivity contribution in [1.82, 2.24) is 0 Å². The van der Waals surface area contributed by atoms with Crippen molar-refractivity contribution in [2.75, 3.05) is 0 Å². The number of aliphatic carboxylic acids is 1. The van der Waals surface area contributed by atoms with E-state index >= 15 is 0 Å². The quantitative estimate of drug-likeness (QED) is 0.435. The Kier molecular flexibility index (Phi) is 5.42. The molecule has 1 saturated heterocycles. The molecular formula is C30H48O4. The van der Waals surface area contributed by atoms with Crippen LogP contribution in [-0.4, -0.2) is 22.6 Å². The molecule has 0 unspecified atom stereocenters. The summed E-state index contributed by atoms with van der Waals surface area (Å²) in [5, 5.41) is 10.5. The molecule has 9 atom stereocenters. The van der Waals surface area contributed by atoms with Gasteiger partial charge in [-0.15, -0.1) is 0 Å². The molecule has 1 N–H and O–H groups in total. The van der Waals surface area contributed by atoms with Gasteiger partial charge in [-0.1, -0.05) is 34.6 Å². The molecule has 4 saturated carbocycles. The van der Waals surface area contributed by atoms with Gasteiger partial charge < -0.3 is 9.84 Å². The van der Waals surface area contributed by atoms with Crippen LogP contribution < -0.4 is 0 Å². The van der Waals surface area contributed by atoms with E-state index < -0.39 is 17.0 Å². The van der Waals surface area contributed by atoms with Crippen molar-refractivity contribution in [1.29, 1.82) is 0 Å². The number of cyclic esters (lactones) is 1. The fourth-order valence-electron chi connectivity index (χ4n) is 11.4. The molecule has 0 aromatic heterocycles. The summed E-state index contributed by atoms with van der Waals surface area (Å²) in [6, 6.07) is 0. The normalized spacial score (nSPS) is 52.0. The summed E-state index contributed by atoms with van der Waals surface area (Å²) in [5.74, 6) is 2.26. The van der Waals surface area contributed by atoms with Gasteiger partial charge in [0.1, 0.15) is 5.60 Å². The summed E-state index contributed by atoms with van der Waals surface area (Å²) < 4.78 is 6.01. The first-order valence-corrected chi connectivity index (χ1v) is 14.2. The lowest BCUT2D eigenvalue weighted by Crippen LogP contribution is -2.66. The molecule has 0 amide bonds. The van der Waals surface area contributed by atoms with Crippen LogP contribution in [0.1, 0.15) is 113 Å². The smallest absolute Gasteiger partial charge is 0.309 e. The number of carboxylic acid groups (broad SMARTS) is 1. The molecule has 192 valence electrons. The number of ether oxygens (including phenoxy) is 1. The van der Waals surface area contributed by atoms with Gasteiger partial charge >= 0.3 is 11.9 Å². The van der Waals surface area contributed by atoms with Gasteiger partial charge in [0.05, 0.1) is 5.41 Å². The zero-order valence-corrected chi connectivity index (χ0v) is 22.7. The highest BCUT2D eigenvalue weighted by molar-refractivity contribution is 5.76. The fraction of sp³-hybridized carbons (Fsp3) is 0.933. The van der Waals surface area contributed by atoms with Gasteiger partial charge in [-0.05, 0) is 117 Å². The molecule has 4 aliphatic carbocycles. The predicted octanol–water partition coefficient (Wildman–Crippen LogP) is 7.10. The Morgan fingerprint density at radius 2 is 1.59 bits per heavy atom. The number of rotatable bonds is 2. The minimum atomic E-state index is -0.521. The molecule has 0 aromatic rings. The van der Waals surface area contributed by atoms with Crippen LogP contribution in [0.15, 0.2) is 0 Å². The van der Waals surface area contributed by atoms with E-state index in [2.05, 4.69) is 48.5 Å². The Bertz CT molecular complexity index is 877. The molecule has 0 bridgehead atoms. The molecule has 5 fully saturated rings. The third-order valence-corrected chi connectivity index (χ3v) is 13.1. The van der Waals surface area contributed by atoms with Gasteiger partial charge in [0.15, 0.2) is 0 Å². The van der Waals surface area contributed by atoms with Crippen molar-refractivity contribution in [3.8, 4) is 0 Å². The predicted molar refractivity (Wildman–Crippen MR) is 133 cm³/mol. The molecule has 0 aromatic carbocycles. The van der Waals surface area contributed by atoms with Gasteiger partial charge in [0.25, 0.3) is 0 Å². The maximum atomic E-state index is 12.8. The van der Waals surface area contributed by atoms with Crippen LogP contribution in [-0.2, 0) is 14.3 Å². The lowest BCUT2D eigenvalue weighted by atomic mass is 9.33. The second kappa shape index (κ2) is 7.48. The van der Waals surface area contributed by atoms with Gasteiger partial charge in [-0.2, -0.15) is 0 Å². The monoisotopic (exact) mass is 472 g/mol. The van der Waals surface area contributed by atoms with Crippen molar-refractivity contribution >= 4 is 11.9 Å². The first-order valence-electron chi connectivity index (χ1n) is 14.2. The number of fused-ring (bicyclic) bond motifs is 7. The number of carbonyl (C=O) groups is 2. The van der Waals surface area contributed by atoms with Crippen molar-refractivity contribution in [3.63, 3.8) is 0 Å². The first kappa shape index (κ1) is 24.6. The SMILES string of the molecule is CC(C)[C@@H]1CC[C@]2(C(=O)O)CC[C@]3(C)[C@H](CC[C@@H]4[C@@]5(C)CCC(=O)OC(C)(C)[C@@H]5CC[C@]43C)[C@@H]12. The summed E-state index contributed by atoms with van der Waals surface area (Å²) in [4.78, 5) is 25.4. The Labute approximate surface area is 207 Å². The highest BCUT2D eigenvalue weighted by atomic mass is 16.6. The van der Waals surface area contributed by atoms with Crippen molar-refractivity contribution in [2.24, 2.45) is 57.2 Å². The number of carbonyl (C=O) groups excluding carboxylic acids is 1. The zero-order valence-electron chi connectivity index (χ0n) is 22.7. The third-order valence-electron chi connectivity index (χ3n) is 13.1. The van der Waals surface area contributed by atoms with Crippen LogP contribution >= 0.6 is 0 Å². The topological polar surface area (TPSA) is 63.6 Å². The van der Waals surface area contributed by atoms with E-state index in [0.29, 0.717) is 41.9 Å². The maximum absolute atomic E-state index is 12.8. The number of hydrogen-bond donors (Lipinski definition) is 1. The van der Waals surface area contributed by atoms with E-state index in [1.165, 1.54) is 12.8 Å². The standard InChI is InChI=1S/C30H48O4/c1-18(2)19-10-15-30(25(32)33)17-16-28(6)20(24(19)30)8-9-22-27(5)13-12-23(31)34-26(3,4)21(27)11-14-29(22,28)7/h18-22,24H,8-17H2,1-7H3,(H,32,33)/t19-,20+,21-,22+,24+,27-,28+,29+,30-/m0/s1. The second-order valence-corrected chi connectivity index (χ2v) is 14.7. The van der Waals surface area contributed by atoms with Gasteiger partial charge in [-0.25, -0.2) is 0 Å². The minimum Gasteiger partial charge on any atom is -0.481 e. The van der Waals surface area contributed by atoms with Crippen LogP contribution in [0.5, 0.6) is 0 Å². The van der Waals surface area contributed by atoms with Crippen LogP contribution in [0.25, 0.3) is 0 Å². The molecule has 0 spiro atoms. The lowest BCUT2D eigenvalue weighted by molar-refractivity contribution is -0.236.